The molecule has 1 saturated heterocycles. The number of hydrogen-bond acceptors (Lipinski definition) is 4. The predicted octanol–water partition coefficient (Wildman–Crippen LogP) is 2.50. The Labute approximate surface area is 146 Å². The standard InChI is InChI=1S/C19H33N3O2/c1-15-6-7-17(24-15)12-22-10-8-16(9-11-22)18(23)20-13-19(2,3)14-21(4)5/h6-7,16H,8-14H2,1-5H3,(H,20,23). The van der Waals surface area contributed by atoms with E-state index >= 15 is 0 Å². The van der Waals surface area contributed by atoms with Crippen LogP contribution in [0.15, 0.2) is 16.5 Å². The predicted molar refractivity (Wildman–Crippen MR) is 96.8 cm³/mol. The van der Waals surface area contributed by atoms with E-state index in [4.69, 9.17) is 4.42 Å². The molecule has 1 fully saturated rings. The van der Waals surface area contributed by atoms with Gasteiger partial charge in [-0.15, -0.1) is 0 Å². The highest BCUT2D eigenvalue weighted by molar-refractivity contribution is 5.78. The van der Waals surface area contributed by atoms with E-state index in [1.54, 1.807) is 0 Å². The van der Waals surface area contributed by atoms with Gasteiger partial charge in [-0.25, -0.2) is 0 Å². The van der Waals surface area contributed by atoms with Crippen molar-refractivity contribution in [2.45, 2.75) is 40.2 Å². The van der Waals surface area contributed by atoms with Crippen LogP contribution in [0, 0.1) is 18.3 Å². The Balaban J connectivity index is 1.72. The number of piperidine rings is 1. The van der Waals surface area contributed by atoms with Crippen molar-refractivity contribution in [2.24, 2.45) is 11.3 Å². The number of nitrogens with zero attached hydrogens (tertiary/aromatic N) is 2. The number of carbonyl (C=O) groups is 1. The molecular formula is C19H33N3O2. The van der Waals surface area contributed by atoms with Crippen LogP contribution >= 0.6 is 0 Å². The molecule has 5 nitrogen and oxygen atoms in total. The monoisotopic (exact) mass is 335 g/mol. The quantitative estimate of drug-likeness (QED) is 0.832. The highest BCUT2D eigenvalue weighted by atomic mass is 16.3. The lowest BCUT2D eigenvalue weighted by molar-refractivity contribution is -0.127. The molecule has 1 aliphatic rings. The lowest BCUT2D eigenvalue weighted by atomic mass is 9.91. The number of nitrogens with one attached hydrogen (secondary N) is 1. The molecule has 1 N–H and O–H groups in total. The fraction of sp³-hybridized carbons (Fsp3) is 0.737. The van der Waals surface area contributed by atoms with Gasteiger partial charge in [-0.05, 0) is 64.5 Å². The van der Waals surface area contributed by atoms with Gasteiger partial charge in [0.05, 0.1) is 6.54 Å². The minimum absolute atomic E-state index is 0.0943. The molecule has 0 spiro atoms. The van der Waals surface area contributed by atoms with Crippen LogP contribution in [0.2, 0.25) is 0 Å². The van der Waals surface area contributed by atoms with E-state index in [-0.39, 0.29) is 17.2 Å². The summed E-state index contributed by atoms with van der Waals surface area (Å²) in [6.07, 6.45) is 1.86. The molecule has 0 radical (unpaired) electrons. The second-order valence-electron chi connectivity index (χ2n) is 8.18. The van der Waals surface area contributed by atoms with Crippen LogP contribution in [-0.4, -0.2) is 56.0 Å². The van der Waals surface area contributed by atoms with Gasteiger partial charge in [-0.2, -0.15) is 0 Å². The Morgan fingerprint density at radius 2 is 2.00 bits per heavy atom. The lowest BCUT2D eigenvalue weighted by Crippen LogP contribution is -2.44. The molecule has 1 aromatic rings. The molecule has 2 rings (SSSR count). The maximum Gasteiger partial charge on any atom is 0.223 e. The Morgan fingerprint density at radius 3 is 2.54 bits per heavy atom. The summed E-state index contributed by atoms with van der Waals surface area (Å²) >= 11 is 0. The average Bonchev–Trinajstić information content (AvgIpc) is 2.89. The van der Waals surface area contributed by atoms with Gasteiger partial charge in [-0.3, -0.25) is 9.69 Å². The Morgan fingerprint density at radius 1 is 1.33 bits per heavy atom. The first-order valence-electron chi connectivity index (χ1n) is 8.95. The third-order valence-corrected chi connectivity index (χ3v) is 4.62. The van der Waals surface area contributed by atoms with Gasteiger partial charge >= 0.3 is 0 Å². The minimum atomic E-state index is 0.0943. The Bertz CT molecular complexity index is 528. The number of hydrogen-bond donors (Lipinski definition) is 1. The molecule has 0 aromatic carbocycles. The summed E-state index contributed by atoms with van der Waals surface area (Å²) in [4.78, 5) is 17.0. The number of carbonyl (C=O) groups excluding carboxylic acids is 1. The van der Waals surface area contributed by atoms with Crippen molar-refractivity contribution in [2.75, 3.05) is 40.3 Å². The number of amides is 1. The van der Waals surface area contributed by atoms with E-state index in [0.29, 0.717) is 0 Å². The highest BCUT2D eigenvalue weighted by Gasteiger charge is 2.27. The van der Waals surface area contributed by atoms with Crippen LogP contribution < -0.4 is 5.32 Å². The van der Waals surface area contributed by atoms with Crippen LogP contribution in [0.1, 0.15) is 38.2 Å². The fourth-order valence-electron chi connectivity index (χ4n) is 3.53. The van der Waals surface area contributed by atoms with Gasteiger partial charge in [-0.1, -0.05) is 13.8 Å². The first kappa shape index (κ1) is 19.0. The maximum absolute atomic E-state index is 12.4. The summed E-state index contributed by atoms with van der Waals surface area (Å²) in [5.41, 5.74) is 0.0943. The van der Waals surface area contributed by atoms with Crippen LogP contribution in [0.4, 0.5) is 0 Å². The van der Waals surface area contributed by atoms with E-state index < -0.39 is 0 Å². The first-order valence-corrected chi connectivity index (χ1v) is 8.95. The summed E-state index contributed by atoms with van der Waals surface area (Å²) in [5.74, 6) is 2.34. The molecule has 1 aliphatic heterocycles. The maximum atomic E-state index is 12.4. The van der Waals surface area contributed by atoms with E-state index in [9.17, 15) is 4.79 Å². The van der Waals surface area contributed by atoms with Crippen molar-refractivity contribution in [3.8, 4) is 0 Å². The Hall–Kier alpha value is -1.33. The van der Waals surface area contributed by atoms with Crippen LogP contribution in [0.3, 0.4) is 0 Å². The van der Waals surface area contributed by atoms with Gasteiger partial charge in [0, 0.05) is 19.0 Å². The fourth-order valence-corrected chi connectivity index (χ4v) is 3.53. The topological polar surface area (TPSA) is 48.7 Å². The zero-order valence-electron chi connectivity index (χ0n) is 15.9. The largest absolute Gasteiger partial charge is 0.465 e. The third kappa shape index (κ3) is 5.95. The summed E-state index contributed by atoms with van der Waals surface area (Å²) in [7, 11) is 4.14. The zero-order chi connectivity index (χ0) is 17.7. The summed E-state index contributed by atoms with van der Waals surface area (Å²) in [6, 6.07) is 4.05. The number of aryl methyl sites for hydroxylation is 1. The summed E-state index contributed by atoms with van der Waals surface area (Å²) in [5, 5.41) is 3.16. The summed E-state index contributed by atoms with van der Waals surface area (Å²) in [6.45, 7) is 10.8. The minimum Gasteiger partial charge on any atom is -0.465 e. The van der Waals surface area contributed by atoms with Crippen LogP contribution in [0.25, 0.3) is 0 Å². The van der Waals surface area contributed by atoms with Crippen molar-refractivity contribution in [3.05, 3.63) is 23.7 Å². The van der Waals surface area contributed by atoms with E-state index in [1.807, 2.05) is 19.1 Å². The highest BCUT2D eigenvalue weighted by Crippen LogP contribution is 2.21. The molecule has 5 heteroatoms. The van der Waals surface area contributed by atoms with Gasteiger partial charge < -0.3 is 14.6 Å². The average molecular weight is 335 g/mol. The molecule has 1 amide bonds. The Kier molecular flexibility index (Phi) is 6.47. The number of furan rings is 1. The molecule has 1 aromatic heterocycles. The van der Waals surface area contributed by atoms with Crippen molar-refractivity contribution in [1.82, 2.24) is 15.1 Å². The van der Waals surface area contributed by atoms with E-state index in [0.717, 1.165) is 57.1 Å². The second kappa shape index (κ2) is 8.17. The zero-order valence-corrected chi connectivity index (χ0v) is 15.9. The van der Waals surface area contributed by atoms with Crippen LogP contribution in [0.5, 0.6) is 0 Å². The van der Waals surface area contributed by atoms with Crippen LogP contribution in [-0.2, 0) is 11.3 Å². The van der Waals surface area contributed by atoms with Gasteiger partial charge in [0.15, 0.2) is 0 Å². The third-order valence-electron chi connectivity index (χ3n) is 4.62. The van der Waals surface area contributed by atoms with E-state index in [2.05, 4.69) is 43.1 Å². The van der Waals surface area contributed by atoms with Crippen molar-refractivity contribution < 1.29 is 9.21 Å². The molecule has 0 unspecified atom stereocenters. The molecular weight excluding hydrogens is 302 g/mol. The van der Waals surface area contributed by atoms with Gasteiger partial charge in [0.1, 0.15) is 11.5 Å². The normalized spacial score (nSPS) is 17.4. The van der Waals surface area contributed by atoms with Gasteiger partial charge in [0.2, 0.25) is 5.91 Å². The van der Waals surface area contributed by atoms with Crippen molar-refractivity contribution >= 4 is 5.91 Å². The number of likely N-dealkylation sites (tertiary alicyclic amines) is 1. The van der Waals surface area contributed by atoms with Crippen molar-refractivity contribution in [1.29, 1.82) is 0 Å². The number of rotatable bonds is 7. The molecule has 2 heterocycles. The van der Waals surface area contributed by atoms with Crippen molar-refractivity contribution in [3.63, 3.8) is 0 Å². The molecule has 24 heavy (non-hydrogen) atoms. The molecule has 0 atom stereocenters. The molecule has 0 saturated carbocycles. The lowest BCUT2D eigenvalue weighted by Gasteiger charge is -2.32. The van der Waals surface area contributed by atoms with E-state index in [1.165, 1.54) is 0 Å². The second-order valence-corrected chi connectivity index (χ2v) is 8.18. The smallest absolute Gasteiger partial charge is 0.223 e. The molecule has 136 valence electrons. The molecule has 0 bridgehead atoms. The van der Waals surface area contributed by atoms with Gasteiger partial charge in [0.25, 0.3) is 0 Å². The first-order chi connectivity index (χ1) is 11.2. The SMILES string of the molecule is Cc1ccc(CN2CCC(C(=O)NCC(C)(C)CN(C)C)CC2)o1. The summed E-state index contributed by atoms with van der Waals surface area (Å²) < 4.78 is 5.64. The molecule has 0 aliphatic carbocycles.